The molecular weight excluding hydrogens is 464 g/mol. The SMILES string of the molecule is COc1cc([N+](=O)[O-])ccc1-c1ccc(C=C2C(=O)N(c3ccc(S(N)(=O)=O)cc3)N=C2C)o1. The molecule has 1 aliphatic heterocycles. The van der Waals surface area contributed by atoms with Gasteiger partial charge in [-0.3, -0.25) is 14.9 Å². The zero-order valence-corrected chi connectivity index (χ0v) is 18.8. The van der Waals surface area contributed by atoms with E-state index in [4.69, 9.17) is 14.3 Å². The van der Waals surface area contributed by atoms with Crippen molar-refractivity contribution >= 4 is 39.1 Å². The molecule has 1 amide bonds. The Bertz CT molecular complexity index is 1470. The smallest absolute Gasteiger partial charge is 0.280 e. The molecule has 0 spiro atoms. The van der Waals surface area contributed by atoms with Crippen molar-refractivity contribution in [3.8, 4) is 17.1 Å². The van der Waals surface area contributed by atoms with Crippen molar-refractivity contribution in [2.45, 2.75) is 11.8 Å². The Hall–Kier alpha value is -4.29. The molecule has 2 N–H and O–H groups in total. The highest BCUT2D eigenvalue weighted by atomic mass is 32.2. The Morgan fingerprint density at radius 2 is 1.85 bits per heavy atom. The molecule has 0 aliphatic carbocycles. The predicted molar refractivity (Wildman–Crippen MR) is 124 cm³/mol. The van der Waals surface area contributed by atoms with Crippen LogP contribution in [-0.4, -0.2) is 32.1 Å². The lowest BCUT2D eigenvalue weighted by molar-refractivity contribution is -0.384. The van der Waals surface area contributed by atoms with Crippen LogP contribution in [0, 0.1) is 10.1 Å². The van der Waals surface area contributed by atoms with Crippen LogP contribution in [0.2, 0.25) is 0 Å². The molecule has 1 aromatic heterocycles. The van der Waals surface area contributed by atoms with Gasteiger partial charge in [0.25, 0.3) is 11.6 Å². The van der Waals surface area contributed by atoms with Gasteiger partial charge in [-0.1, -0.05) is 0 Å². The molecule has 12 heteroatoms. The molecule has 0 atom stereocenters. The summed E-state index contributed by atoms with van der Waals surface area (Å²) in [6, 6.07) is 12.9. The summed E-state index contributed by atoms with van der Waals surface area (Å²) in [5.41, 5.74) is 1.49. The maximum atomic E-state index is 13.0. The second-order valence-electron chi connectivity index (χ2n) is 7.24. The number of anilines is 1. The summed E-state index contributed by atoms with van der Waals surface area (Å²) in [6.07, 6.45) is 1.53. The number of nitrogens with zero attached hydrogens (tertiary/aromatic N) is 3. The molecule has 0 unspecified atom stereocenters. The summed E-state index contributed by atoms with van der Waals surface area (Å²) in [7, 11) is -2.46. The standard InChI is InChI=1S/C22H18N4O7S/c1-13-19(22(27)25(24-13)14-3-7-17(8-4-14)34(23,30)31)12-16-6-10-20(33-16)18-9-5-15(26(28)29)11-21(18)32-2/h3-12H,1-2H3,(H2,23,30,31). The molecule has 11 nitrogen and oxygen atoms in total. The monoisotopic (exact) mass is 482 g/mol. The quantitative estimate of drug-likeness (QED) is 0.320. The molecular formula is C22H18N4O7S. The van der Waals surface area contributed by atoms with E-state index in [0.29, 0.717) is 28.5 Å². The normalized spacial score (nSPS) is 15.0. The van der Waals surface area contributed by atoms with E-state index < -0.39 is 20.9 Å². The molecule has 174 valence electrons. The molecule has 0 fully saturated rings. The third-order valence-corrected chi connectivity index (χ3v) is 5.98. The number of carbonyl (C=O) groups is 1. The number of furan rings is 1. The van der Waals surface area contributed by atoms with Gasteiger partial charge in [0.2, 0.25) is 10.0 Å². The van der Waals surface area contributed by atoms with Crippen molar-refractivity contribution in [2.24, 2.45) is 10.2 Å². The van der Waals surface area contributed by atoms with E-state index in [1.165, 1.54) is 55.7 Å². The lowest BCUT2D eigenvalue weighted by Crippen LogP contribution is -2.21. The highest BCUT2D eigenvalue weighted by Gasteiger charge is 2.29. The third kappa shape index (κ3) is 4.31. The fourth-order valence-electron chi connectivity index (χ4n) is 3.35. The zero-order chi connectivity index (χ0) is 24.6. The van der Waals surface area contributed by atoms with Crippen LogP contribution in [0.15, 0.2) is 74.6 Å². The van der Waals surface area contributed by atoms with Gasteiger partial charge in [0.15, 0.2) is 0 Å². The fraction of sp³-hybridized carbons (Fsp3) is 0.0909. The molecule has 4 rings (SSSR count). The minimum absolute atomic E-state index is 0.0795. The molecule has 1 aliphatic rings. The number of methoxy groups -OCH3 is 1. The number of rotatable bonds is 6. The van der Waals surface area contributed by atoms with Gasteiger partial charge < -0.3 is 9.15 Å². The van der Waals surface area contributed by atoms with Gasteiger partial charge in [0.1, 0.15) is 17.3 Å². The van der Waals surface area contributed by atoms with Crippen LogP contribution in [0.25, 0.3) is 17.4 Å². The molecule has 3 aromatic rings. The first-order valence-corrected chi connectivity index (χ1v) is 11.3. The van der Waals surface area contributed by atoms with Crippen molar-refractivity contribution in [1.82, 2.24) is 0 Å². The number of ether oxygens (including phenoxy) is 1. The van der Waals surface area contributed by atoms with Gasteiger partial charge in [0, 0.05) is 6.07 Å². The minimum atomic E-state index is -3.86. The Kier molecular flexibility index (Phi) is 5.77. The van der Waals surface area contributed by atoms with Crippen LogP contribution in [0.4, 0.5) is 11.4 Å². The summed E-state index contributed by atoms with van der Waals surface area (Å²) in [5.74, 6) is 0.604. The largest absolute Gasteiger partial charge is 0.496 e. The number of nitro benzene ring substituents is 1. The number of benzene rings is 2. The second kappa shape index (κ2) is 8.57. The molecule has 0 radical (unpaired) electrons. The Morgan fingerprint density at radius 1 is 1.15 bits per heavy atom. The molecule has 0 saturated heterocycles. The van der Waals surface area contributed by atoms with Crippen LogP contribution >= 0.6 is 0 Å². The first-order valence-electron chi connectivity index (χ1n) is 9.75. The summed E-state index contributed by atoms with van der Waals surface area (Å²) in [4.78, 5) is 23.4. The third-order valence-electron chi connectivity index (χ3n) is 5.05. The lowest BCUT2D eigenvalue weighted by Gasteiger charge is -2.12. The lowest BCUT2D eigenvalue weighted by atomic mass is 10.1. The Morgan fingerprint density at radius 3 is 2.47 bits per heavy atom. The molecule has 34 heavy (non-hydrogen) atoms. The fourth-order valence-corrected chi connectivity index (χ4v) is 3.87. The van der Waals surface area contributed by atoms with Gasteiger partial charge in [-0.25, -0.2) is 13.6 Å². The van der Waals surface area contributed by atoms with E-state index in [1.807, 2.05) is 0 Å². The maximum Gasteiger partial charge on any atom is 0.280 e. The van der Waals surface area contributed by atoms with Crippen LogP contribution < -0.4 is 14.9 Å². The average molecular weight is 482 g/mol. The highest BCUT2D eigenvalue weighted by Crippen LogP contribution is 2.35. The molecule has 0 bridgehead atoms. The molecule has 0 saturated carbocycles. The number of carbonyl (C=O) groups excluding carboxylic acids is 1. The van der Waals surface area contributed by atoms with Crippen LogP contribution in [0.1, 0.15) is 12.7 Å². The van der Waals surface area contributed by atoms with Gasteiger partial charge in [0.05, 0.1) is 45.5 Å². The number of hydrogen-bond acceptors (Lipinski definition) is 8. The van der Waals surface area contributed by atoms with E-state index in [0.717, 1.165) is 5.01 Å². The van der Waals surface area contributed by atoms with Gasteiger partial charge >= 0.3 is 0 Å². The van der Waals surface area contributed by atoms with Crippen molar-refractivity contribution in [3.63, 3.8) is 0 Å². The van der Waals surface area contributed by atoms with Crippen molar-refractivity contribution in [3.05, 3.63) is 76.0 Å². The van der Waals surface area contributed by atoms with E-state index in [-0.39, 0.29) is 21.9 Å². The number of hydrazone groups is 1. The number of hydrogen-bond donors (Lipinski definition) is 1. The van der Waals surface area contributed by atoms with Crippen molar-refractivity contribution in [2.75, 3.05) is 12.1 Å². The average Bonchev–Trinajstić information content (AvgIpc) is 3.38. The molecule has 2 aromatic carbocycles. The van der Waals surface area contributed by atoms with Crippen LogP contribution in [0.5, 0.6) is 5.75 Å². The molecule has 2 heterocycles. The topological polar surface area (TPSA) is 158 Å². The van der Waals surface area contributed by atoms with Gasteiger partial charge in [-0.05, 0) is 55.5 Å². The number of non-ortho nitro benzene ring substituents is 1. The summed E-state index contributed by atoms with van der Waals surface area (Å²) < 4.78 is 34.0. The summed E-state index contributed by atoms with van der Waals surface area (Å²) in [6.45, 7) is 1.66. The summed E-state index contributed by atoms with van der Waals surface area (Å²) in [5, 5.41) is 21.5. The zero-order valence-electron chi connectivity index (χ0n) is 18.0. The van der Waals surface area contributed by atoms with E-state index in [2.05, 4.69) is 5.10 Å². The van der Waals surface area contributed by atoms with E-state index in [9.17, 15) is 23.3 Å². The number of primary sulfonamides is 1. The van der Waals surface area contributed by atoms with Crippen LogP contribution in [-0.2, 0) is 14.8 Å². The minimum Gasteiger partial charge on any atom is -0.496 e. The maximum absolute atomic E-state index is 13.0. The van der Waals surface area contributed by atoms with Crippen molar-refractivity contribution < 1.29 is 27.3 Å². The Labute approximate surface area is 193 Å². The van der Waals surface area contributed by atoms with Gasteiger partial charge in [-0.15, -0.1) is 0 Å². The number of sulfonamides is 1. The predicted octanol–water partition coefficient (Wildman–Crippen LogP) is 3.32. The van der Waals surface area contributed by atoms with Gasteiger partial charge in [-0.2, -0.15) is 10.1 Å². The second-order valence-corrected chi connectivity index (χ2v) is 8.80. The van der Waals surface area contributed by atoms with E-state index in [1.54, 1.807) is 19.1 Å². The van der Waals surface area contributed by atoms with Crippen LogP contribution in [0.3, 0.4) is 0 Å². The first-order chi connectivity index (χ1) is 16.1. The van der Waals surface area contributed by atoms with E-state index >= 15 is 0 Å². The van der Waals surface area contributed by atoms with Crippen molar-refractivity contribution in [1.29, 1.82) is 0 Å². The number of nitrogens with two attached hydrogens (primary N) is 1. The number of nitro groups is 1. The highest BCUT2D eigenvalue weighted by molar-refractivity contribution is 7.89. The summed E-state index contributed by atoms with van der Waals surface area (Å²) >= 11 is 0. The number of amides is 1. The first kappa shape index (κ1) is 22.9. The Balaban J connectivity index is 1.61.